The standard InChI is InChI=1S/C18H20FN3O2/c1-12(23)20-6-8-21(9-7-20)17-11-16-14(10-15(17)19)18(24)4-5-22(16)13-2-3-13/h4-5,10-11,13H,2-3,6-9H2,1H3. The Balaban J connectivity index is 1.74. The molecule has 0 unspecified atom stereocenters. The summed E-state index contributed by atoms with van der Waals surface area (Å²) in [7, 11) is 0. The van der Waals surface area contributed by atoms with E-state index in [2.05, 4.69) is 4.57 Å². The van der Waals surface area contributed by atoms with Crippen LogP contribution in [-0.4, -0.2) is 41.6 Å². The van der Waals surface area contributed by atoms with Crippen molar-refractivity contribution in [1.29, 1.82) is 0 Å². The molecule has 0 spiro atoms. The SMILES string of the molecule is CC(=O)N1CCN(c2cc3c(cc2F)c(=O)ccn3C2CC2)CC1. The van der Waals surface area contributed by atoms with E-state index in [0.29, 0.717) is 43.3 Å². The van der Waals surface area contributed by atoms with Crippen LogP contribution in [-0.2, 0) is 4.79 Å². The first-order valence-corrected chi connectivity index (χ1v) is 8.39. The van der Waals surface area contributed by atoms with Gasteiger partial charge >= 0.3 is 0 Å². The normalized spacial score (nSPS) is 18.2. The molecule has 1 saturated carbocycles. The molecule has 0 atom stereocenters. The van der Waals surface area contributed by atoms with Crippen LogP contribution in [0.25, 0.3) is 10.9 Å². The van der Waals surface area contributed by atoms with Gasteiger partial charge in [-0.3, -0.25) is 9.59 Å². The lowest BCUT2D eigenvalue weighted by molar-refractivity contribution is -0.129. The summed E-state index contributed by atoms with van der Waals surface area (Å²) in [4.78, 5) is 27.3. The van der Waals surface area contributed by atoms with Crippen LogP contribution in [0.5, 0.6) is 0 Å². The van der Waals surface area contributed by atoms with Gasteiger partial charge in [0.1, 0.15) is 5.82 Å². The second kappa shape index (κ2) is 5.61. The number of halogens is 1. The highest BCUT2D eigenvalue weighted by Crippen LogP contribution is 2.37. The lowest BCUT2D eigenvalue weighted by Gasteiger charge is -2.36. The molecule has 1 saturated heterocycles. The van der Waals surface area contributed by atoms with E-state index in [9.17, 15) is 14.0 Å². The van der Waals surface area contributed by atoms with Gasteiger partial charge in [-0.1, -0.05) is 0 Å². The number of carbonyl (C=O) groups excluding carboxylic acids is 1. The zero-order valence-electron chi connectivity index (χ0n) is 13.7. The van der Waals surface area contributed by atoms with Gasteiger partial charge in [-0.05, 0) is 25.0 Å². The van der Waals surface area contributed by atoms with Crippen molar-refractivity contribution in [2.45, 2.75) is 25.8 Å². The van der Waals surface area contributed by atoms with Crippen LogP contribution in [0.15, 0.2) is 29.2 Å². The first kappa shape index (κ1) is 15.2. The number of pyridine rings is 1. The van der Waals surface area contributed by atoms with Crippen LogP contribution >= 0.6 is 0 Å². The molecule has 5 nitrogen and oxygen atoms in total. The fourth-order valence-electron chi connectivity index (χ4n) is 3.46. The van der Waals surface area contributed by atoms with E-state index in [4.69, 9.17) is 0 Å². The Morgan fingerprint density at radius 3 is 2.50 bits per heavy atom. The van der Waals surface area contributed by atoms with Crippen molar-refractivity contribution in [2.75, 3.05) is 31.1 Å². The third kappa shape index (κ3) is 2.56. The summed E-state index contributed by atoms with van der Waals surface area (Å²) >= 11 is 0. The van der Waals surface area contributed by atoms with Gasteiger partial charge in [0.05, 0.1) is 11.2 Å². The molecule has 1 amide bonds. The molecule has 6 heteroatoms. The van der Waals surface area contributed by atoms with E-state index in [-0.39, 0.29) is 17.2 Å². The van der Waals surface area contributed by atoms with E-state index in [1.165, 1.54) is 12.1 Å². The van der Waals surface area contributed by atoms with Crippen molar-refractivity contribution in [3.63, 3.8) is 0 Å². The van der Waals surface area contributed by atoms with Gasteiger partial charge in [0.15, 0.2) is 5.43 Å². The van der Waals surface area contributed by atoms with Crippen molar-refractivity contribution >= 4 is 22.5 Å². The molecule has 4 rings (SSSR count). The lowest BCUT2D eigenvalue weighted by Crippen LogP contribution is -2.48. The second-order valence-corrected chi connectivity index (χ2v) is 6.63. The number of anilines is 1. The number of benzene rings is 1. The number of hydrogen-bond donors (Lipinski definition) is 0. The monoisotopic (exact) mass is 329 g/mol. The maximum Gasteiger partial charge on any atom is 0.219 e. The molecule has 1 aromatic heterocycles. The van der Waals surface area contributed by atoms with E-state index in [1.807, 2.05) is 11.1 Å². The van der Waals surface area contributed by atoms with E-state index >= 15 is 0 Å². The fourth-order valence-corrected chi connectivity index (χ4v) is 3.46. The number of carbonyl (C=O) groups is 1. The highest BCUT2D eigenvalue weighted by Gasteiger charge is 2.26. The van der Waals surface area contributed by atoms with Crippen LogP contribution in [0.3, 0.4) is 0 Å². The summed E-state index contributed by atoms with van der Waals surface area (Å²) in [5, 5.41) is 0.438. The summed E-state index contributed by atoms with van der Waals surface area (Å²) < 4.78 is 16.7. The topological polar surface area (TPSA) is 45.6 Å². The molecule has 24 heavy (non-hydrogen) atoms. The molecular formula is C18H20FN3O2. The first-order valence-electron chi connectivity index (χ1n) is 8.39. The van der Waals surface area contributed by atoms with Crippen LogP contribution in [0.2, 0.25) is 0 Å². The Bertz CT molecular complexity index is 864. The number of nitrogens with zero attached hydrogens (tertiary/aromatic N) is 3. The van der Waals surface area contributed by atoms with Crippen LogP contribution < -0.4 is 10.3 Å². The predicted molar refractivity (Wildman–Crippen MR) is 90.9 cm³/mol. The Morgan fingerprint density at radius 2 is 1.88 bits per heavy atom. The zero-order chi connectivity index (χ0) is 16.8. The lowest BCUT2D eigenvalue weighted by atomic mass is 10.1. The van der Waals surface area contributed by atoms with Crippen LogP contribution in [0.4, 0.5) is 10.1 Å². The molecule has 1 aliphatic carbocycles. The minimum atomic E-state index is -0.371. The summed E-state index contributed by atoms with van der Waals surface area (Å²) in [6, 6.07) is 5.10. The maximum absolute atomic E-state index is 14.6. The van der Waals surface area contributed by atoms with Gasteiger partial charge in [0, 0.05) is 56.8 Å². The molecule has 126 valence electrons. The van der Waals surface area contributed by atoms with E-state index < -0.39 is 0 Å². The average Bonchev–Trinajstić information content (AvgIpc) is 3.40. The third-order valence-corrected chi connectivity index (χ3v) is 5.00. The quantitative estimate of drug-likeness (QED) is 0.848. The number of aromatic nitrogens is 1. The smallest absolute Gasteiger partial charge is 0.219 e. The Morgan fingerprint density at radius 1 is 1.17 bits per heavy atom. The molecule has 0 bridgehead atoms. The summed E-state index contributed by atoms with van der Waals surface area (Å²) in [5.74, 6) is -0.319. The van der Waals surface area contributed by atoms with E-state index in [0.717, 1.165) is 18.4 Å². The molecule has 2 heterocycles. The fraction of sp³-hybridized carbons (Fsp3) is 0.444. The van der Waals surface area contributed by atoms with Gasteiger partial charge in [-0.2, -0.15) is 0 Å². The molecule has 1 aliphatic heterocycles. The van der Waals surface area contributed by atoms with Crippen molar-refractivity contribution < 1.29 is 9.18 Å². The molecular weight excluding hydrogens is 309 g/mol. The summed E-state index contributed by atoms with van der Waals surface area (Å²) in [5.41, 5.74) is 1.18. The maximum atomic E-state index is 14.6. The first-order chi connectivity index (χ1) is 11.5. The van der Waals surface area contributed by atoms with Crippen molar-refractivity contribution in [3.8, 4) is 0 Å². The Labute approximate surface area is 139 Å². The van der Waals surface area contributed by atoms with Gasteiger partial charge in [0.25, 0.3) is 0 Å². The number of rotatable bonds is 2. The van der Waals surface area contributed by atoms with Crippen LogP contribution in [0, 0.1) is 5.82 Å². The largest absolute Gasteiger partial charge is 0.366 e. The second-order valence-electron chi connectivity index (χ2n) is 6.63. The minimum absolute atomic E-state index is 0.0520. The molecule has 1 aromatic carbocycles. The summed E-state index contributed by atoms with van der Waals surface area (Å²) in [6.45, 7) is 3.94. The number of hydrogen-bond acceptors (Lipinski definition) is 3. The Kier molecular flexibility index (Phi) is 3.55. The molecule has 2 aromatic rings. The molecule has 2 fully saturated rings. The highest BCUT2D eigenvalue weighted by molar-refractivity contribution is 5.83. The van der Waals surface area contributed by atoms with Crippen molar-refractivity contribution in [2.24, 2.45) is 0 Å². The molecule has 0 radical (unpaired) electrons. The van der Waals surface area contributed by atoms with Gasteiger partial charge < -0.3 is 14.4 Å². The van der Waals surface area contributed by atoms with Gasteiger partial charge in [-0.15, -0.1) is 0 Å². The van der Waals surface area contributed by atoms with E-state index in [1.54, 1.807) is 17.9 Å². The number of piperazine rings is 1. The summed E-state index contributed by atoms with van der Waals surface area (Å²) in [6.07, 6.45) is 4.02. The Hall–Kier alpha value is -2.37. The molecule has 0 N–H and O–H groups in total. The van der Waals surface area contributed by atoms with Gasteiger partial charge in [0.2, 0.25) is 5.91 Å². The number of amides is 1. The predicted octanol–water partition coefficient (Wildman–Crippen LogP) is 2.14. The zero-order valence-corrected chi connectivity index (χ0v) is 13.7. The highest BCUT2D eigenvalue weighted by atomic mass is 19.1. The third-order valence-electron chi connectivity index (χ3n) is 5.00. The average molecular weight is 329 g/mol. The molecule has 2 aliphatic rings. The van der Waals surface area contributed by atoms with Crippen molar-refractivity contribution in [3.05, 3.63) is 40.4 Å². The minimum Gasteiger partial charge on any atom is -0.366 e. The van der Waals surface area contributed by atoms with Crippen LogP contribution in [0.1, 0.15) is 25.8 Å². The van der Waals surface area contributed by atoms with Gasteiger partial charge in [-0.25, -0.2) is 4.39 Å². The number of fused-ring (bicyclic) bond motifs is 1. The van der Waals surface area contributed by atoms with Crippen molar-refractivity contribution in [1.82, 2.24) is 9.47 Å².